The van der Waals surface area contributed by atoms with Gasteiger partial charge >= 0.3 is 0 Å². The standard InChI is InChI=1S/C14H23NO/c1-3-16-12-8-4-7-11-15-14-10-6-5-9-13(14)2/h5-6,9-10,15H,3-4,7-8,11-12H2,1-2H3. The van der Waals surface area contributed by atoms with Crippen LogP contribution in [0.1, 0.15) is 31.7 Å². The zero-order chi connectivity index (χ0) is 11.6. The van der Waals surface area contributed by atoms with Crippen LogP contribution in [0.15, 0.2) is 24.3 Å². The molecule has 0 saturated heterocycles. The maximum Gasteiger partial charge on any atom is 0.0465 e. The Kier molecular flexibility index (Phi) is 6.66. The Bertz CT molecular complexity index is 286. The summed E-state index contributed by atoms with van der Waals surface area (Å²) < 4.78 is 5.30. The molecule has 0 heterocycles. The first-order valence-corrected chi connectivity index (χ1v) is 6.22. The number of rotatable bonds is 8. The minimum Gasteiger partial charge on any atom is -0.385 e. The van der Waals surface area contributed by atoms with Gasteiger partial charge in [-0.25, -0.2) is 0 Å². The monoisotopic (exact) mass is 221 g/mol. The number of unbranched alkanes of at least 4 members (excludes halogenated alkanes) is 2. The first-order chi connectivity index (χ1) is 7.84. The van der Waals surface area contributed by atoms with Crippen LogP contribution in [0.2, 0.25) is 0 Å². The number of aryl methyl sites for hydroxylation is 1. The van der Waals surface area contributed by atoms with Crippen molar-refractivity contribution in [3.05, 3.63) is 29.8 Å². The normalized spacial score (nSPS) is 10.4. The molecule has 2 nitrogen and oxygen atoms in total. The predicted molar refractivity (Wildman–Crippen MR) is 70.0 cm³/mol. The first kappa shape index (κ1) is 13.0. The number of nitrogens with one attached hydrogen (secondary N) is 1. The molecule has 1 aromatic carbocycles. The molecule has 0 spiro atoms. The van der Waals surface area contributed by atoms with Gasteiger partial charge in [0, 0.05) is 25.4 Å². The van der Waals surface area contributed by atoms with Crippen LogP contribution in [0, 0.1) is 6.92 Å². The third kappa shape index (κ3) is 5.17. The summed E-state index contributed by atoms with van der Waals surface area (Å²) in [5, 5.41) is 3.46. The van der Waals surface area contributed by atoms with Crippen molar-refractivity contribution in [1.82, 2.24) is 0 Å². The van der Waals surface area contributed by atoms with Crippen molar-refractivity contribution in [2.24, 2.45) is 0 Å². The summed E-state index contributed by atoms with van der Waals surface area (Å²) in [5.74, 6) is 0. The third-order valence-corrected chi connectivity index (χ3v) is 2.63. The maximum absolute atomic E-state index is 5.30. The van der Waals surface area contributed by atoms with E-state index in [4.69, 9.17) is 4.74 Å². The molecular weight excluding hydrogens is 198 g/mol. The minimum absolute atomic E-state index is 0.835. The second-order valence-electron chi connectivity index (χ2n) is 4.00. The maximum atomic E-state index is 5.30. The summed E-state index contributed by atoms with van der Waals surface area (Å²) in [6, 6.07) is 8.42. The van der Waals surface area contributed by atoms with E-state index in [0.717, 1.165) is 19.8 Å². The van der Waals surface area contributed by atoms with E-state index >= 15 is 0 Å². The van der Waals surface area contributed by atoms with Gasteiger partial charge in [-0.1, -0.05) is 18.2 Å². The zero-order valence-electron chi connectivity index (χ0n) is 10.5. The number of para-hydroxylation sites is 1. The molecule has 0 bridgehead atoms. The highest BCUT2D eigenvalue weighted by Crippen LogP contribution is 2.13. The molecule has 0 aromatic heterocycles. The summed E-state index contributed by atoms with van der Waals surface area (Å²) in [4.78, 5) is 0. The van der Waals surface area contributed by atoms with Gasteiger partial charge in [0.05, 0.1) is 0 Å². The molecule has 0 fully saturated rings. The zero-order valence-corrected chi connectivity index (χ0v) is 10.5. The second-order valence-corrected chi connectivity index (χ2v) is 4.00. The van der Waals surface area contributed by atoms with Gasteiger partial charge in [0.15, 0.2) is 0 Å². The third-order valence-electron chi connectivity index (χ3n) is 2.63. The van der Waals surface area contributed by atoms with Crippen LogP contribution >= 0.6 is 0 Å². The lowest BCUT2D eigenvalue weighted by atomic mass is 10.2. The minimum atomic E-state index is 0.835. The van der Waals surface area contributed by atoms with Crippen molar-refractivity contribution in [2.45, 2.75) is 33.1 Å². The van der Waals surface area contributed by atoms with Crippen molar-refractivity contribution in [3.63, 3.8) is 0 Å². The Labute approximate surface area is 99.0 Å². The average Bonchev–Trinajstić information content (AvgIpc) is 2.30. The van der Waals surface area contributed by atoms with Crippen molar-refractivity contribution in [3.8, 4) is 0 Å². The van der Waals surface area contributed by atoms with Gasteiger partial charge in [-0.05, 0) is 44.7 Å². The average molecular weight is 221 g/mol. The molecule has 0 saturated carbocycles. The van der Waals surface area contributed by atoms with Crippen LogP contribution in [-0.4, -0.2) is 19.8 Å². The second kappa shape index (κ2) is 8.17. The molecule has 0 unspecified atom stereocenters. The SMILES string of the molecule is CCOCCCCCNc1ccccc1C. The lowest BCUT2D eigenvalue weighted by molar-refractivity contribution is 0.143. The Hall–Kier alpha value is -1.02. The van der Waals surface area contributed by atoms with Gasteiger partial charge in [0.1, 0.15) is 0 Å². The van der Waals surface area contributed by atoms with Gasteiger partial charge < -0.3 is 10.1 Å². The van der Waals surface area contributed by atoms with Crippen LogP contribution in [0.25, 0.3) is 0 Å². The lowest BCUT2D eigenvalue weighted by Gasteiger charge is -2.08. The molecule has 0 aliphatic carbocycles. The fourth-order valence-electron chi connectivity index (χ4n) is 1.64. The Balaban J connectivity index is 2.05. The molecule has 16 heavy (non-hydrogen) atoms. The van der Waals surface area contributed by atoms with Crippen LogP contribution in [0.5, 0.6) is 0 Å². The quantitative estimate of drug-likeness (QED) is 0.677. The number of benzene rings is 1. The molecule has 0 amide bonds. The molecule has 0 aliphatic rings. The molecule has 1 N–H and O–H groups in total. The number of hydrogen-bond donors (Lipinski definition) is 1. The summed E-state index contributed by atoms with van der Waals surface area (Å²) in [6.07, 6.45) is 3.61. The van der Waals surface area contributed by atoms with Gasteiger partial charge in [0.2, 0.25) is 0 Å². The van der Waals surface area contributed by atoms with Gasteiger partial charge in [-0.15, -0.1) is 0 Å². The Morgan fingerprint density at radius 2 is 1.94 bits per heavy atom. The van der Waals surface area contributed by atoms with E-state index in [-0.39, 0.29) is 0 Å². The van der Waals surface area contributed by atoms with Crippen molar-refractivity contribution in [2.75, 3.05) is 25.1 Å². The van der Waals surface area contributed by atoms with Crippen LogP contribution in [0.4, 0.5) is 5.69 Å². The molecule has 1 aromatic rings. The molecule has 2 heteroatoms. The van der Waals surface area contributed by atoms with Crippen molar-refractivity contribution < 1.29 is 4.74 Å². The summed E-state index contributed by atoms with van der Waals surface area (Å²) in [5.41, 5.74) is 2.57. The van der Waals surface area contributed by atoms with Crippen LogP contribution in [-0.2, 0) is 4.74 Å². The molecule has 0 radical (unpaired) electrons. The van der Waals surface area contributed by atoms with E-state index in [1.165, 1.54) is 30.5 Å². The highest BCUT2D eigenvalue weighted by molar-refractivity contribution is 5.49. The summed E-state index contributed by atoms with van der Waals surface area (Å²) in [6.45, 7) is 6.97. The number of hydrogen-bond acceptors (Lipinski definition) is 2. The van der Waals surface area contributed by atoms with Crippen molar-refractivity contribution >= 4 is 5.69 Å². The van der Waals surface area contributed by atoms with Crippen molar-refractivity contribution in [1.29, 1.82) is 0 Å². The van der Waals surface area contributed by atoms with Crippen LogP contribution < -0.4 is 5.32 Å². The predicted octanol–water partition coefficient (Wildman–Crippen LogP) is 3.61. The molecule has 0 aliphatic heterocycles. The number of ether oxygens (including phenoxy) is 1. The van der Waals surface area contributed by atoms with Gasteiger partial charge in [-0.2, -0.15) is 0 Å². The highest BCUT2D eigenvalue weighted by atomic mass is 16.5. The smallest absolute Gasteiger partial charge is 0.0465 e. The summed E-state index contributed by atoms with van der Waals surface area (Å²) in [7, 11) is 0. The first-order valence-electron chi connectivity index (χ1n) is 6.22. The van der Waals surface area contributed by atoms with E-state index in [0.29, 0.717) is 0 Å². The molecular formula is C14H23NO. The molecule has 90 valence electrons. The molecule has 0 atom stereocenters. The van der Waals surface area contributed by atoms with Gasteiger partial charge in [0.25, 0.3) is 0 Å². The Morgan fingerprint density at radius 1 is 1.12 bits per heavy atom. The van der Waals surface area contributed by atoms with Crippen LogP contribution in [0.3, 0.4) is 0 Å². The fourth-order valence-corrected chi connectivity index (χ4v) is 1.64. The molecule has 1 rings (SSSR count). The lowest BCUT2D eigenvalue weighted by Crippen LogP contribution is -2.03. The highest BCUT2D eigenvalue weighted by Gasteiger charge is 1.95. The van der Waals surface area contributed by atoms with E-state index in [2.05, 4.69) is 36.5 Å². The van der Waals surface area contributed by atoms with E-state index in [9.17, 15) is 0 Å². The van der Waals surface area contributed by atoms with E-state index in [1.807, 2.05) is 6.92 Å². The van der Waals surface area contributed by atoms with Gasteiger partial charge in [-0.3, -0.25) is 0 Å². The fraction of sp³-hybridized carbons (Fsp3) is 0.571. The summed E-state index contributed by atoms with van der Waals surface area (Å²) >= 11 is 0. The van der Waals surface area contributed by atoms with E-state index < -0.39 is 0 Å². The number of anilines is 1. The topological polar surface area (TPSA) is 21.3 Å². The largest absolute Gasteiger partial charge is 0.385 e. The Morgan fingerprint density at radius 3 is 2.69 bits per heavy atom. The van der Waals surface area contributed by atoms with E-state index in [1.54, 1.807) is 0 Å².